The van der Waals surface area contributed by atoms with Crippen molar-refractivity contribution in [3.05, 3.63) is 429 Å². The van der Waals surface area contributed by atoms with Gasteiger partial charge in [0.15, 0.2) is 69.9 Å². The standard InChI is InChI=1S/C126H95BN16/c1-124(2,3)86-64-70-103-97(72-86)98-73-87(125(4,5)6)65-71-104(98)141(103)90-67-69-100-106(77-90)143(111-95(122-136-116(82-48-26-14-27-49-82)130-117(137-122)83-50-28-15-29-51-83)60-39-61-96(111)123-138-118(84-52-30-16-31-53-84)131-119(139-123)85-54-32-17-33-55-85)108-75-88(126(7,8)9)74-107-109(108)127(100)99-68-66-89(140-101-62-36-34-56-91(101)92-57-35-37-63-102(92)140)76-105(99)142(107)110-93(120-132-112(78-40-18-10-19-41-78)128-113(133-120)79-42-20-11-21-43-79)58-38-59-94(110)121-134-114(80-44-22-12-23-45-80)129-115(135-121)81-46-24-13-25-47-81/h10-77H,1-9H3/i34D,35D,36D,37D,56D,57D,62D,63D. The van der Waals surface area contributed by atoms with E-state index >= 15 is 0 Å². The Balaban J connectivity index is 0.888. The fraction of sp³-hybridized carbons (Fsp3) is 0.0952. The van der Waals surface area contributed by atoms with Crippen LogP contribution in [0.5, 0.6) is 0 Å². The first kappa shape index (κ1) is 78.0. The molecule has 8 heterocycles. The maximum atomic E-state index is 10.2. The molecule has 0 spiro atoms. The van der Waals surface area contributed by atoms with Gasteiger partial charge in [0, 0.05) is 122 Å². The Bertz CT molecular complexity index is 8820. The zero-order valence-electron chi connectivity index (χ0n) is 87.9. The lowest BCUT2D eigenvalue weighted by Gasteiger charge is -2.46. The largest absolute Gasteiger partial charge is 0.310 e. The van der Waals surface area contributed by atoms with Gasteiger partial charge in [-0.3, -0.25) is 0 Å². The molecule has 0 aliphatic carbocycles. The van der Waals surface area contributed by atoms with Gasteiger partial charge in [-0.2, -0.15) is 0 Å². The number of hydrogen-bond acceptors (Lipinski definition) is 14. The van der Waals surface area contributed by atoms with E-state index in [1.165, 1.54) is 11.1 Å². The third-order valence-corrected chi connectivity index (χ3v) is 27.2. The lowest BCUT2D eigenvalue weighted by atomic mass is 9.33. The minimum Gasteiger partial charge on any atom is -0.310 e. The van der Waals surface area contributed by atoms with Gasteiger partial charge in [0.1, 0.15) is 0 Å². The van der Waals surface area contributed by atoms with Crippen LogP contribution in [0.3, 0.4) is 0 Å². The second kappa shape index (κ2) is 34.6. The number of hydrogen-bond donors (Lipinski definition) is 0. The third kappa shape index (κ3) is 15.4. The Morgan fingerprint density at radius 3 is 0.734 bits per heavy atom. The topological polar surface area (TPSA) is 171 Å². The summed E-state index contributed by atoms with van der Waals surface area (Å²) in [4.78, 5) is 72.0. The predicted molar refractivity (Wildman–Crippen MR) is 584 cm³/mol. The Morgan fingerprint density at radius 1 is 0.217 bits per heavy atom. The van der Waals surface area contributed by atoms with Crippen LogP contribution in [0.15, 0.2) is 412 Å². The van der Waals surface area contributed by atoms with E-state index in [9.17, 15) is 11.0 Å². The van der Waals surface area contributed by atoms with Crippen LogP contribution < -0.4 is 26.2 Å². The first-order valence-corrected chi connectivity index (χ1v) is 48.0. The number of anilines is 6. The van der Waals surface area contributed by atoms with Gasteiger partial charge in [-0.15, -0.1) is 0 Å². The van der Waals surface area contributed by atoms with Crippen LogP contribution in [0, 0.1) is 0 Å². The van der Waals surface area contributed by atoms with Crippen LogP contribution in [0.25, 0.3) is 192 Å². The van der Waals surface area contributed by atoms with Crippen LogP contribution in [-0.2, 0) is 16.2 Å². The van der Waals surface area contributed by atoms with Crippen LogP contribution >= 0.6 is 0 Å². The Hall–Kier alpha value is -18.0. The van der Waals surface area contributed by atoms with Gasteiger partial charge >= 0.3 is 0 Å². The lowest BCUT2D eigenvalue weighted by molar-refractivity contribution is 0.590. The molecule has 17 aromatic carbocycles. The smallest absolute Gasteiger partial charge is 0.252 e. The average molecular weight is 1850 g/mol. The van der Waals surface area contributed by atoms with Gasteiger partial charge in [0.2, 0.25) is 0 Å². The van der Waals surface area contributed by atoms with E-state index in [0.29, 0.717) is 142 Å². The zero-order valence-corrected chi connectivity index (χ0v) is 79.9. The summed E-state index contributed by atoms with van der Waals surface area (Å²) in [5.74, 6) is 4.28. The summed E-state index contributed by atoms with van der Waals surface area (Å²) < 4.78 is 82.3. The first-order valence-electron chi connectivity index (χ1n) is 52.0. The monoisotopic (exact) mass is 1850 g/mol. The van der Waals surface area contributed by atoms with E-state index in [1.54, 1.807) is 4.57 Å². The molecule has 0 fully saturated rings. The van der Waals surface area contributed by atoms with Crippen molar-refractivity contribution in [2.45, 2.75) is 78.6 Å². The molecule has 0 saturated heterocycles. The molecule has 2 aliphatic rings. The molecule has 0 saturated carbocycles. The molecule has 0 unspecified atom stereocenters. The Kier molecular flexibility index (Phi) is 18.9. The number of benzene rings is 17. The van der Waals surface area contributed by atoms with Crippen molar-refractivity contribution < 1.29 is 11.0 Å². The SMILES string of the molecule is [2H]c1c([2H])c([2H])c2c(c1[2H])c1c([2H])c([2H])c([2H])c([2H])c1n2-c1ccc2c(c1)N(c1c(-c3nc(-c4ccccc4)nc(-c4ccccc4)n3)cccc1-c1nc(-c3ccccc3)nc(-c3ccccc3)n1)c1cc(C(C)(C)C)cc3c1B2c1ccc(-n2c4ccc(C(C)(C)C)cc4c4cc(C(C)(C)C)ccc42)cc1N3c1c(-c2nc(-c3ccccc3)nc(-c3ccccc3)n2)cccc1-c1nc(-c2ccccc2)nc(-c2ccccc2)n1. The summed E-state index contributed by atoms with van der Waals surface area (Å²) in [6, 6.07) is 119. The minimum absolute atomic E-state index is 0.0712. The van der Waals surface area contributed by atoms with E-state index < -0.39 is 60.5 Å². The summed E-state index contributed by atoms with van der Waals surface area (Å²) in [5, 5.41) is 1.99. The van der Waals surface area contributed by atoms with Crippen molar-refractivity contribution in [2.24, 2.45) is 0 Å². The molecular formula is C126H95BN16. The second-order valence-corrected chi connectivity index (χ2v) is 39.4. The molecule has 0 amide bonds. The van der Waals surface area contributed by atoms with Crippen molar-refractivity contribution in [2.75, 3.05) is 9.80 Å². The van der Waals surface area contributed by atoms with Crippen LogP contribution in [-0.4, -0.2) is 75.7 Å². The van der Waals surface area contributed by atoms with Crippen LogP contribution in [0.1, 0.15) is 90.0 Å². The lowest BCUT2D eigenvalue weighted by Crippen LogP contribution is -2.61. The predicted octanol–water partition coefficient (Wildman–Crippen LogP) is 28.6. The summed E-state index contributed by atoms with van der Waals surface area (Å²) >= 11 is 0. The fourth-order valence-electron chi connectivity index (χ4n) is 20.1. The molecule has 16 nitrogen and oxygen atoms in total. The maximum Gasteiger partial charge on any atom is 0.252 e. The quantitative estimate of drug-likeness (QED) is 0.0837. The molecule has 0 atom stereocenters. The van der Waals surface area contributed by atoms with E-state index in [4.69, 9.17) is 59.8 Å². The van der Waals surface area contributed by atoms with Gasteiger partial charge in [-0.05, 0) is 146 Å². The molecule has 0 N–H and O–H groups in total. The van der Waals surface area contributed by atoms with Crippen molar-refractivity contribution in [3.8, 4) is 148 Å². The van der Waals surface area contributed by atoms with Crippen molar-refractivity contribution >= 4 is 101 Å². The molecule has 0 radical (unpaired) electrons. The fourth-order valence-corrected chi connectivity index (χ4v) is 20.1. The van der Waals surface area contributed by atoms with Crippen LogP contribution in [0.2, 0.25) is 0 Å². The third-order valence-electron chi connectivity index (χ3n) is 27.2. The molecule has 143 heavy (non-hydrogen) atoms. The molecule has 23 aromatic rings. The molecule has 2 aliphatic heterocycles. The molecular weight excluding hydrogens is 1750 g/mol. The molecule has 25 rings (SSSR count). The Morgan fingerprint density at radius 2 is 0.469 bits per heavy atom. The summed E-state index contributed by atoms with van der Waals surface area (Å²) in [7, 11) is 0. The number of para-hydroxylation sites is 4. The summed E-state index contributed by atoms with van der Waals surface area (Å²) in [6.07, 6.45) is 0. The van der Waals surface area contributed by atoms with Gasteiger partial charge < -0.3 is 18.9 Å². The van der Waals surface area contributed by atoms with E-state index in [-0.39, 0.29) is 50.0 Å². The van der Waals surface area contributed by atoms with Gasteiger partial charge in [0.05, 0.1) is 44.4 Å². The number of aromatic nitrogens is 14. The highest BCUT2D eigenvalue weighted by atomic mass is 15.2. The van der Waals surface area contributed by atoms with Crippen molar-refractivity contribution in [1.82, 2.24) is 68.9 Å². The summed E-state index contributed by atoms with van der Waals surface area (Å²) in [5.41, 5.74) is 18.6. The van der Waals surface area contributed by atoms with Gasteiger partial charge in [-0.1, -0.05) is 378 Å². The van der Waals surface area contributed by atoms with E-state index in [2.05, 4.69) is 162 Å². The van der Waals surface area contributed by atoms with Gasteiger partial charge in [-0.25, -0.2) is 59.8 Å². The van der Waals surface area contributed by atoms with Gasteiger partial charge in [0.25, 0.3) is 6.71 Å². The highest BCUT2D eigenvalue weighted by Crippen LogP contribution is 2.55. The molecule has 17 heteroatoms. The highest BCUT2D eigenvalue weighted by molar-refractivity contribution is 7.00. The maximum absolute atomic E-state index is 10.2. The number of nitrogens with zero attached hydrogens (tertiary/aromatic N) is 16. The molecule has 0 bridgehead atoms. The Labute approximate surface area is 841 Å². The number of rotatable bonds is 16. The van der Waals surface area contributed by atoms with E-state index in [1.807, 2.05) is 279 Å². The second-order valence-electron chi connectivity index (χ2n) is 39.4. The highest BCUT2D eigenvalue weighted by Gasteiger charge is 2.47. The minimum atomic E-state index is -0.823. The first-order chi connectivity index (χ1) is 73.1. The summed E-state index contributed by atoms with van der Waals surface area (Å²) in [6.45, 7) is 19.4. The normalized spacial score (nSPS) is 13.3. The van der Waals surface area contributed by atoms with Crippen LogP contribution in [0.4, 0.5) is 34.1 Å². The zero-order chi connectivity index (χ0) is 103. The van der Waals surface area contributed by atoms with Crippen molar-refractivity contribution in [1.29, 1.82) is 0 Å². The van der Waals surface area contributed by atoms with Crippen molar-refractivity contribution in [3.63, 3.8) is 0 Å². The average Bonchev–Trinajstić information content (AvgIpc) is 0.997. The molecule has 6 aromatic heterocycles. The molecule has 682 valence electrons. The van der Waals surface area contributed by atoms with E-state index in [0.717, 1.165) is 66.2 Å². The number of fused-ring (bicyclic) bond motifs is 10.